The van der Waals surface area contributed by atoms with Crippen molar-refractivity contribution in [3.05, 3.63) is 29.8 Å². The Kier molecular flexibility index (Phi) is 5.71. The zero-order valence-electron chi connectivity index (χ0n) is 14.7. The Morgan fingerprint density at radius 2 is 1.62 bits per heavy atom. The van der Waals surface area contributed by atoms with Crippen LogP contribution in [0, 0.1) is 18.3 Å². The van der Waals surface area contributed by atoms with Crippen LogP contribution in [0.5, 0.6) is 0 Å². The fraction of sp³-hybridized carbons (Fsp3) is 0.611. The van der Waals surface area contributed by atoms with Crippen LogP contribution in [0.3, 0.4) is 0 Å². The lowest BCUT2D eigenvalue weighted by molar-refractivity contribution is -0.155. The zero-order chi connectivity index (χ0) is 18.0. The van der Waals surface area contributed by atoms with E-state index in [0.29, 0.717) is 12.8 Å². The SMILES string of the molecule is COC(=O)C(C)(C)C1CCC(OS(=O)(=O)c2ccc(C)cc2)CC1. The van der Waals surface area contributed by atoms with Crippen molar-refractivity contribution in [3.63, 3.8) is 0 Å². The number of benzene rings is 1. The fourth-order valence-electron chi connectivity index (χ4n) is 3.25. The summed E-state index contributed by atoms with van der Waals surface area (Å²) in [4.78, 5) is 12.1. The molecule has 0 radical (unpaired) electrons. The summed E-state index contributed by atoms with van der Waals surface area (Å²) in [7, 11) is -2.35. The van der Waals surface area contributed by atoms with Crippen molar-refractivity contribution in [2.75, 3.05) is 7.11 Å². The average molecular weight is 354 g/mol. The van der Waals surface area contributed by atoms with Crippen LogP contribution in [0.2, 0.25) is 0 Å². The van der Waals surface area contributed by atoms with Crippen LogP contribution in [0.25, 0.3) is 0 Å². The Balaban J connectivity index is 1.98. The zero-order valence-corrected chi connectivity index (χ0v) is 15.6. The first-order chi connectivity index (χ1) is 11.2. The topological polar surface area (TPSA) is 69.7 Å². The molecule has 0 heterocycles. The highest BCUT2D eigenvalue weighted by Gasteiger charge is 2.40. The summed E-state index contributed by atoms with van der Waals surface area (Å²) in [6.07, 6.45) is 2.40. The van der Waals surface area contributed by atoms with E-state index in [-0.39, 0.29) is 22.9 Å². The van der Waals surface area contributed by atoms with E-state index in [1.165, 1.54) is 7.11 Å². The number of hydrogen-bond donors (Lipinski definition) is 0. The highest BCUT2D eigenvalue weighted by Crippen LogP contribution is 2.40. The van der Waals surface area contributed by atoms with Gasteiger partial charge in [0, 0.05) is 0 Å². The molecule has 24 heavy (non-hydrogen) atoms. The smallest absolute Gasteiger partial charge is 0.311 e. The van der Waals surface area contributed by atoms with Gasteiger partial charge in [-0.25, -0.2) is 0 Å². The van der Waals surface area contributed by atoms with Gasteiger partial charge in [0.05, 0.1) is 23.5 Å². The molecular weight excluding hydrogens is 328 g/mol. The Bertz CT molecular complexity index is 668. The number of rotatable bonds is 5. The standard InChI is InChI=1S/C18H26O5S/c1-13-5-11-16(12-6-13)24(20,21)23-15-9-7-14(8-10-15)18(2,3)17(19)22-4/h5-6,11-12,14-15H,7-10H2,1-4H3. The van der Waals surface area contributed by atoms with E-state index in [1.54, 1.807) is 24.3 Å². The van der Waals surface area contributed by atoms with Crippen LogP contribution < -0.4 is 0 Å². The van der Waals surface area contributed by atoms with Crippen LogP contribution in [-0.2, 0) is 23.8 Å². The average Bonchev–Trinajstić information content (AvgIpc) is 2.54. The number of esters is 1. The lowest BCUT2D eigenvalue weighted by atomic mass is 9.70. The number of ether oxygens (including phenoxy) is 1. The summed E-state index contributed by atoms with van der Waals surface area (Å²) in [6, 6.07) is 6.64. The third kappa shape index (κ3) is 4.16. The number of carbonyl (C=O) groups is 1. The maximum Gasteiger partial charge on any atom is 0.311 e. The molecule has 1 aliphatic carbocycles. The molecule has 1 aromatic rings. The van der Waals surface area contributed by atoms with Gasteiger partial charge in [-0.2, -0.15) is 8.42 Å². The van der Waals surface area contributed by atoms with Crippen molar-refractivity contribution in [2.45, 2.75) is 57.5 Å². The van der Waals surface area contributed by atoms with Gasteiger partial charge in [0.15, 0.2) is 0 Å². The molecular formula is C18H26O5S. The fourth-order valence-corrected chi connectivity index (χ4v) is 4.38. The third-order valence-corrected chi connectivity index (χ3v) is 6.35. The number of carbonyl (C=O) groups excluding carboxylic acids is 1. The highest BCUT2D eigenvalue weighted by molar-refractivity contribution is 7.86. The molecule has 2 rings (SSSR count). The van der Waals surface area contributed by atoms with Gasteiger partial charge in [0.1, 0.15) is 0 Å². The third-order valence-electron chi connectivity index (χ3n) is 4.98. The van der Waals surface area contributed by atoms with Crippen molar-refractivity contribution in [2.24, 2.45) is 11.3 Å². The molecule has 0 unspecified atom stereocenters. The van der Waals surface area contributed by atoms with Crippen LogP contribution in [0.1, 0.15) is 45.1 Å². The van der Waals surface area contributed by atoms with E-state index in [2.05, 4.69) is 0 Å². The van der Waals surface area contributed by atoms with Gasteiger partial charge < -0.3 is 4.74 Å². The summed E-state index contributed by atoms with van der Waals surface area (Å²) >= 11 is 0. The van der Waals surface area contributed by atoms with Gasteiger partial charge >= 0.3 is 5.97 Å². The molecule has 1 saturated carbocycles. The summed E-state index contributed by atoms with van der Waals surface area (Å²) in [5.74, 6) is -0.0500. The number of methoxy groups -OCH3 is 1. The molecule has 5 nitrogen and oxygen atoms in total. The van der Waals surface area contributed by atoms with Gasteiger partial charge in [0.2, 0.25) is 0 Å². The quantitative estimate of drug-likeness (QED) is 0.598. The second-order valence-corrected chi connectivity index (χ2v) is 8.62. The predicted molar refractivity (Wildman–Crippen MR) is 91.0 cm³/mol. The molecule has 0 N–H and O–H groups in total. The van der Waals surface area contributed by atoms with Crippen LogP contribution in [-0.4, -0.2) is 27.6 Å². The Morgan fingerprint density at radius 1 is 1.08 bits per heavy atom. The minimum Gasteiger partial charge on any atom is -0.469 e. The predicted octanol–water partition coefficient (Wildman–Crippen LogP) is 3.46. The molecule has 0 saturated heterocycles. The molecule has 6 heteroatoms. The largest absolute Gasteiger partial charge is 0.469 e. The van der Waals surface area contributed by atoms with E-state index in [4.69, 9.17) is 8.92 Å². The molecule has 1 fully saturated rings. The Morgan fingerprint density at radius 3 is 2.12 bits per heavy atom. The normalized spacial score (nSPS) is 22.2. The van der Waals surface area contributed by atoms with Crippen molar-refractivity contribution in [1.82, 2.24) is 0 Å². The molecule has 134 valence electrons. The Hall–Kier alpha value is -1.40. The van der Waals surface area contributed by atoms with Crippen LogP contribution in [0.4, 0.5) is 0 Å². The van der Waals surface area contributed by atoms with Gasteiger partial charge in [-0.15, -0.1) is 0 Å². The van der Waals surface area contributed by atoms with Gasteiger partial charge in [0.25, 0.3) is 10.1 Å². The summed E-state index contributed by atoms with van der Waals surface area (Å²) in [5.41, 5.74) is 0.440. The van der Waals surface area contributed by atoms with Crippen molar-refractivity contribution < 1.29 is 22.1 Å². The van der Waals surface area contributed by atoms with E-state index >= 15 is 0 Å². The Labute approximate surface area is 144 Å². The molecule has 1 aromatic carbocycles. The van der Waals surface area contributed by atoms with E-state index in [9.17, 15) is 13.2 Å². The van der Waals surface area contributed by atoms with Crippen LogP contribution in [0.15, 0.2) is 29.2 Å². The van der Waals surface area contributed by atoms with Crippen molar-refractivity contribution in [3.8, 4) is 0 Å². The number of hydrogen-bond acceptors (Lipinski definition) is 5. The molecule has 0 bridgehead atoms. The van der Waals surface area contributed by atoms with E-state index < -0.39 is 15.5 Å². The lowest BCUT2D eigenvalue weighted by Crippen LogP contribution is -2.38. The monoisotopic (exact) mass is 354 g/mol. The molecule has 0 aliphatic heterocycles. The lowest BCUT2D eigenvalue weighted by Gasteiger charge is -2.36. The highest BCUT2D eigenvalue weighted by atomic mass is 32.2. The van der Waals surface area contributed by atoms with Crippen molar-refractivity contribution >= 4 is 16.1 Å². The first-order valence-electron chi connectivity index (χ1n) is 8.25. The molecule has 0 amide bonds. The maximum absolute atomic E-state index is 12.3. The molecule has 0 atom stereocenters. The van der Waals surface area contributed by atoms with Gasteiger partial charge in [-0.1, -0.05) is 17.7 Å². The van der Waals surface area contributed by atoms with Crippen molar-refractivity contribution in [1.29, 1.82) is 0 Å². The van der Waals surface area contributed by atoms with Gasteiger partial charge in [-0.3, -0.25) is 8.98 Å². The summed E-state index contributed by atoms with van der Waals surface area (Å²) in [5, 5.41) is 0. The summed E-state index contributed by atoms with van der Waals surface area (Å²) in [6.45, 7) is 5.67. The second kappa shape index (κ2) is 7.23. The van der Waals surface area contributed by atoms with E-state index in [1.807, 2.05) is 20.8 Å². The second-order valence-electron chi connectivity index (χ2n) is 7.05. The first-order valence-corrected chi connectivity index (χ1v) is 9.66. The first kappa shape index (κ1) is 18.9. The molecule has 1 aliphatic rings. The minimum absolute atomic E-state index is 0.173. The van der Waals surface area contributed by atoms with Gasteiger partial charge in [-0.05, 0) is 64.5 Å². The summed E-state index contributed by atoms with van der Waals surface area (Å²) < 4.78 is 35.0. The van der Waals surface area contributed by atoms with E-state index in [0.717, 1.165) is 18.4 Å². The molecule has 0 aromatic heterocycles. The number of aryl methyl sites for hydroxylation is 1. The minimum atomic E-state index is -3.74. The van der Waals surface area contributed by atoms with Crippen LogP contribution >= 0.6 is 0 Å². The molecule has 0 spiro atoms. The maximum atomic E-state index is 12.3.